The van der Waals surface area contributed by atoms with Gasteiger partial charge in [-0.1, -0.05) is 18.2 Å². The molecule has 1 heterocycles. The molecule has 1 aromatic rings. The zero-order valence-electron chi connectivity index (χ0n) is 11.1. The molecule has 0 aliphatic carbocycles. The maximum atomic E-state index is 12.6. The fourth-order valence-electron chi connectivity index (χ4n) is 2.28. The van der Waals surface area contributed by atoms with Crippen molar-refractivity contribution in [3.05, 3.63) is 35.4 Å². The lowest BCUT2D eigenvalue weighted by Gasteiger charge is -2.34. The second-order valence-corrected chi connectivity index (χ2v) is 5.05. The SMILES string of the molecule is CC(N)C1CN(Cc2cccc(C(F)F)c2)CCO1. The third kappa shape index (κ3) is 3.96. The van der Waals surface area contributed by atoms with Crippen LogP contribution < -0.4 is 5.73 Å². The first-order valence-electron chi connectivity index (χ1n) is 6.53. The van der Waals surface area contributed by atoms with Crippen LogP contribution in [-0.4, -0.2) is 36.7 Å². The Bertz CT molecular complexity index is 412. The second kappa shape index (κ2) is 6.41. The summed E-state index contributed by atoms with van der Waals surface area (Å²) in [7, 11) is 0. The molecule has 2 rings (SSSR count). The van der Waals surface area contributed by atoms with Gasteiger partial charge in [0.15, 0.2) is 0 Å². The quantitative estimate of drug-likeness (QED) is 0.911. The van der Waals surface area contributed by atoms with Gasteiger partial charge in [0.2, 0.25) is 0 Å². The molecule has 1 fully saturated rings. The number of rotatable bonds is 4. The van der Waals surface area contributed by atoms with E-state index in [1.807, 2.05) is 13.0 Å². The molecule has 0 amide bonds. The van der Waals surface area contributed by atoms with E-state index in [9.17, 15) is 8.78 Å². The fourth-order valence-corrected chi connectivity index (χ4v) is 2.28. The summed E-state index contributed by atoms with van der Waals surface area (Å²) in [6.07, 6.45) is -2.39. The Hall–Kier alpha value is -1.04. The van der Waals surface area contributed by atoms with E-state index in [-0.39, 0.29) is 17.7 Å². The van der Waals surface area contributed by atoms with Gasteiger partial charge in [-0.3, -0.25) is 4.90 Å². The van der Waals surface area contributed by atoms with Crippen molar-refractivity contribution in [3.63, 3.8) is 0 Å². The molecule has 2 unspecified atom stereocenters. The van der Waals surface area contributed by atoms with Gasteiger partial charge in [0, 0.05) is 31.2 Å². The number of halogens is 2. The highest BCUT2D eigenvalue weighted by molar-refractivity contribution is 5.24. The summed E-state index contributed by atoms with van der Waals surface area (Å²) in [5, 5.41) is 0. The number of nitrogens with zero attached hydrogens (tertiary/aromatic N) is 1. The second-order valence-electron chi connectivity index (χ2n) is 5.05. The van der Waals surface area contributed by atoms with Crippen LogP contribution in [-0.2, 0) is 11.3 Å². The van der Waals surface area contributed by atoms with E-state index in [2.05, 4.69) is 4.90 Å². The zero-order chi connectivity index (χ0) is 13.8. The lowest BCUT2D eigenvalue weighted by atomic mass is 10.1. The first kappa shape index (κ1) is 14.4. The summed E-state index contributed by atoms with van der Waals surface area (Å²) in [5.74, 6) is 0. The predicted molar refractivity (Wildman–Crippen MR) is 70.1 cm³/mol. The molecule has 5 heteroatoms. The lowest BCUT2D eigenvalue weighted by Crippen LogP contribution is -2.49. The molecule has 106 valence electrons. The van der Waals surface area contributed by atoms with Crippen LogP contribution in [0.3, 0.4) is 0 Å². The fraction of sp³-hybridized carbons (Fsp3) is 0.571. The van der Waals surface area contributed by atoms with Gasteiger partial charge >= 0.3 is 0 Å². The molecule has 19 heavy (non-hydrogen) atoms. The molecule has 3 nitrogen and oxygen atoms in total. The van der Waals surface area contributed by atoms with Crippen molar-refractivity contribution in [2.75, 3.05) is 19.7 Å². The molecule has 1 aliphatic rings. The molecule has 1 saturated heterocycles. The van der Waals surface area contributed by atoms with Crippen LogP contribution in [0.4, 0.5) is 8.78 Å². The highest BCUT2D eigenvalue weighted by atomic mass is 19.3. The predicted octanol–water partition coefficient (Wildman–Crippen LogP) is 2.17. The van der Waals surface area contributed by atoms with E-state index in [1.54, 1.807) is 12.1 Å². The number of alkyl halides is 2. The molecule has 1 aliphatic heterocycles. The number of hydrogen-bond acceptors (Lipinski definition) is 3. The first-order valence-corrected chi connectivity index (χ1v) is 6.53. The van der Waals surface area contributed by atoms with E-state index < -0.39 is 6.43 Å². The Kier molecular flexibility index (Phi) is 4.85. The summed E-state index contributed by atoms with van der Waals surface area (Å²) < 4.78 is 30.9. The van der Waals surface area contributed by atoms with Crippen molar-refractivity contribution in [1.82, 2.24) is 4.90 Å². The number of ether oxygens (including phenoxy) is 1. The maximum absolute atomic E-state index is 12.6. The summed E-state index contributed by atoms with van der Waals surface area (Å²) >= 11 is 0. The third-order valence-electron chi connectivity index (χ3n) is 3.37. The van der Waals surface area contributed by atoms with Crippen LogP contribution >= 0.6 is 0 Å². The van der Waals surface area contributed by atoms with Crippen LogP contribution in [0.2, 0.25) is 0 Å². The summed E-state index contributed by atoms with van der Waals surface area (Å²) in [5.41, 5.74) is 6.82. The first-order chi connectivity index (χ1) is 9.06. The van der Waals surface area contributed by atoms with Crippen molar-refractivity contribution in [2.45, 2.75) is 32.0 Å². The average molecular weight is 270 g/mol. The Labute approximate surface area is 112 Å². The van der Waals surface area contributed by atoms with Crippen molar-refractivity contribution >= 4 is 0 Å². The minimum atomic E-state index is -2.42. The normalized spacial score (nSPS) is 22.7. The van der Waals surface area contributed by atoms with E-state index in [0.29, 0.717) is 13.2 Å². The average Bonchev–Trinajstić information content (AvgIpc) is 2.39. The van der Waals surface area contributed by atoms with Crippen LogP contribution in [0.15, 0.2) is 24.3 Å². The van der Waals surface area contributed by atoms with Crippen molar-refractivity contribution in [3.8, 4) is 0 Å². The molecule has 2 N–H and O–H groups in total. The van der Waals surface area contributed by atoms with Gasteiger partial charge in [-0.15, -0.1) is 0 Å². The van der Waals surface area contributed by atoms with Gasteiger partial charge in [0.05, 0.1) is 12.7 Å². The number of nitrogens with two attached hydrogens (primary N) is 1. The zero-order valence-corrected chi connectivity index (χ0v) is 11.1. The molecular formula is C14H20F2N2O. The molecule has 0 radical (unpaired) electrons. The van der Waals surface area contributed by atoms with Crippen molar-refractivity contribution in [2.24, 2.45) is 5.73 Å². The summed E-state index contributed by atoms with van der Waals surface area (Å²) in [6.45, 7) is 4.78. The highest BCUT2D eigenvalue weighted by Crippen LogP contribution is 2.20. The van der Waals surface area contributed by atoms with E-state index in [4.69, 9.17) is 10.5 Å². The maximum Gasteiger partial charge on any atom is 0.263 e. The highest BCUT2D eigenvalue weighted by Gasteiger charge is 2.23. The van der Waals surface area contributed by atoms with Gasteiger partial charge in [-0.2, -0.15) is 0 Å². The van der Waals surface area contributed by atoms with Crippen LogP contribution in [0.25, 0.3) is 0 Å². The molecule has 2 atom stereocenters. The Morgan fingerprint density at radius 3 is 2.95 bits per heavy atom. The van der Waals surface area contributed by atoms with Gasteiger partial charge in [-0.25, -0.2) is 8.78 Å². The molecular weight excluding hydrogens is 250 g/mol. The van der Waals surface area contributed by atoms with Crippen molar-refractivity contribution in [1.29, 1.82) is 0 Å². The minimum Gasteiger partial charge on any atom is -0.374 e. The Morgan fingerprint density at radius 1 is 1.47 bits per heavy atom. The topological polar surface area (TPSA) is 38.5 Å². The minimum absolute atomic E-state index is 0.0183. The third-order valence-corrected chi connectivity index (χ3v) is 3.37. The molecule has 0 spiro atoms. The molecule has 0 saturated carbocycles. The molecule has 0 bridgehead atoms. The van der Waals surface area contributed by atoms with Gasteiger partial charge < -0.3 is 10.5 Å². The van der Waals surface area contributed by atoms with Gasteiger partial charge in [0.1, 0.15) is 0 Å². The van der Waals surface area contributed by atoms with E-state index in [0.717, 1.165) is 18.7 Å². The Morgan fingerprint density at radius 2 is 2.26 bits per heavy atom. The molecule has 1 aromatic carbocycles. The Balaban J connectivity index is 1.98. The smallest absolute Gasteiger partial charge is 0.263 e. The molecule has 0 aromatic heterocycles. The van der Waals surface area contributed by atoms with Crippen LogP contribution in [0.1, 0.15) is 24.5 Å². The van der Waals surface area contributed by atoms with Crippen LogP contribution in [0, 0.1) is 0 Å². The van der Waals surface area contributed by atoms with E-state index >= 15 is 0 Å². The van der Waals surface area contributed by atoms with Gasteiger partial charge in [0.25, 0.3) is 6.43 Å². The largest absolute Gasteiger partial charge is 0.374 e. The van der Waals surface area contributed by atoms with Crippen molar-refractivity contribution < 1.29 is 13.5 Å². The summed E-state index contributed by atoms with van der Waals surface area (Å²) in [4.78, 5) is 2.20. The number of morpholine rings is 1. The number of hydrogen-bond donors (Lipinski definition) is 1. The monoisotopic (exact) mass is 270 g/mol. The summed E-state index contributed by atoms with van der Waals surface area (Å²) in [6, 6.07) is 6.57. The van der Waals surface area contributed by atoms with E-state index in [1.165, 1.54) is 6.07 Å². The standard InChI is InChI=1S/C14H20F2N2O/c1-10(17)13-9-18(5-6-19-13)8-11-3-2-4-12(7-11)14(15)16/h2-4,7,10,13-14H,5-6,8-9,17H2,1H3. The van der Waals surface area contributed by atoms with Gasteiger partial charge in [-0.05, 0) is 18.6 Å². The number of benzene rings is 1. The lowest BCUT2D eigenvalue weighted by molar-refractivity contribution is -0.0403. The van der Waals surface area contributed by atoms with Crippen LogP contribution in [0.5, 0.6) is 0 Å².